The van der Waals surface area contributed by atoms with Gasteiger partial charge >= 0.3 is 5.97 Å². The van der Waals surface area contributed by atoms with E-state index in [9.17, 15) is 9.90 Å². The van der Waals surface area contributed by atoms with E-state index >= 15 is 0 Å². The lowest BCUT2D eigenvalue weighted by Gasteiger charge is -2.39. The Hall–Kier alpha value is -1.91. The van der Waals surface area contributed by atoms with Crippen molar-refractivity contribution in [3.05, 3.63) is 64.9 Å². The lowest BCUT2D eigenvalue weighted by Crippen LogP contribution is -2.47. The Kier molecular flexibility index (Phi) is 4.94. The van der Waals surface area contributed by atoms with Gasteiger partial charge in [0.1, 0.15) is 6.04 Å². The van der Waals surface area contributed by atoms with Crippen LogP contribution >= 0.6 is 11.6 Å². The monoisotopic (exact) mass is 330 g/mol. The molecule has 3 rings (SSSR count). The van der Waals surface area contributed by atoms with Gasteiger partial charge in [0.2, 0.25) is 0 Å². The van der Waals surface area contributed by atoms with Gasteiger partial charge in [-0.1, -0.05) is 42.3 Å². The van der Waals surface area contributed by atoms with Gasteiger partial charge in [0.25, 0.3) is 0 Å². The van der Waals surface area contributed by atoms with E-state index in [0.29, 0.717) is 11.4 Å². The number of pyridine rings is 1. The molecule has 5 heteroatoms. The molecule has 1 aliphatic rings. The summed E-state index contributed by atoms with van der Waals surface area (Å²) in [6.45, 7) is 0.726. The third kappa shape index (κ3) is 3.38. The van der Waals surface area contributed by atoms with E-state index in [0.717, 1.165) is 30.6 Å². The standard InChI is InChI=1S/C18H19ClN2O2/c19-14-8-2-1-7-13(14)17(15-9-3-5-11-20-15)21-12-6-4-10-16(21)18(22)23/h1-3,5,7-9,11,16-17H,4,6,10,12H2,(H,22,23). The van der Waals surface area contributed by atoms with Crippen molar-refractivity contribution in [3.63, 3.8) is 0 Å². The molecule has 0 bridgehead atoms. The number of hydrogen-bond donors (Lipinski definition) is 1. The molecule has 2 aromatic rings. The van der Waals surface area contributed by atoms with Gasteiger partial charge in [-0.2, -0.15) is 0 Å². The number of halogens is 1. The van der Waals surface area contributed by atoms with Crippen molar-refractivity contribution < 1.29 is 9.90 Å². The van der Waals surface area contributed by atoms with E-state index < -0.39 is 12.0 Å². The molecule has 1 N–H and O–H groups in total. The minimum Gasteiger partial charge on any atom is -0.480 e. The fourth-order valence-electron chi connectivity index (χ4n) is 3.27. The van der Waals surface area contributed by atoms with Crippen LogP contribution in [0.5, 0.6) is 0 Å². The second-order valence-corrected chi connectivity index (χ2v) is 6.17. The molecule has 1 aliphatic heterocycles. The van der Waals surface area contributed by atoms with Gasteiger partial charge in [0.05, 0.1) is 11.7 Å². The van der Waals surface area contributed by atoms with Crippen LogP contribution in [-0.4, -0.2) is 33.5 Å². The molecule has 1 fully saturated rings. The molecule has 2 atom stereocenters. The maximum absolute atomic E-state index is 11.7. The number of aromatic nitrogens is 1. The Morgan fingerprint density at radius 3 is 2.70 bits per heavy atom. The molecule has 0 radical (unpaired) electrons. The molecule has 120 valence electrons. The number of carboxylic acids is 1. The minimum atomic E-state index is -0.780. The highest BCUT2D eigenvalue weighted by Crippen LogP contribution is 2.36. The highest BCUT2D eigenvalue weighted by Gasteiger charge is 2.36. The predicted octanol–water partition coefficient (Wildman–Crippen LogP) is 3.76. The predicted molar refractivity (Wildman–Crippen MR) is 89.5 cm³/mol. The number of hydrogen-bond acceptors (Lipinski definition) is 3. The fraction of sp³-hybridized carbons (Fsp3) is 0.333. The van der Waals surface area contributed by atoms with Crippen LogP contribution in [0.1, 0.15) is 36.6 Å². The Labute approximate surface area is 140 Å². The topological polar surface area (TPSA) is 53.4 Å². The van der Waals surface area contributed by atoms with Crippen LogP contribution < -0.4 is 0 Å². The maximum atomic E-state index is 11.7. The van der Waals surface area contributed by atoms with E-state index in [4.69, 9.17) is 11.6 Å². The van der Waals surface area contributed by atoms with Crippen LogP contribution in [-0.2, 0) is 4.79 Å². The first-order valence-corrected chi connectivity index (χ1v) is 8.20. The van der Waals surface area contributed by atoms with Gasteiger partial charge in [0.15, 0.2) is 0 Å². The number of piperidine rings is 1. The Bertz CT molecular complexity index is 678. The molecule has 23 heavy (non-hydrogen) atoms. The zero-order valence-electron chi connectivity index (χ0n) is 12.7. The van der Waals surface area contributed by atoms with E-state index in [-0.39, 0.29) is 6.04 Å². The Balaban J connectivity index is 2.08. The van der Waals surface area contributed by atoms with Crippen molar-refractivity contribution >= 4 is 17.6 Å². The smallest absolute Gasteiger partial charge is 0.320 e. The third-order valence-corrected chi connectivity index (χ3v) is 4.67. The second-order valence-electron chi connectivity index (χ2n) is 5.77. The SMILES string of the molecule is O=C(O)C1CCCCN1C(c1ccccn1)c1ccccc1Cl. The van der Waals surface area contributed by atoms with Gasteiger partial charge in [-0.15, -0.1) is 0 Å². The summed E-state index contributed by atoms with van der Waals surface area (Å²) in [5, 5.41) is 10.3. The summed E-state index contributed by atoms with van der Waals surface area (Å²) >= 11 is 6.41. The average molecular weight is 331 g/mol. The van der Waals surface area contributed by atoms with Gasteiger partial charge in [-0.05, 0) is 43.1 Å². The summed E-state index contributed by atoms with van der Waals surface area (Å²) in [7, 11) is 0. The number of rotatable bonds is 4. The zero-order valence-corrected chi connectivity index (χ0v) is 13.5. The van der Waals surface area contributed by atoms with Gasteiger partial charge < -0.3 is 5.11 Å². The van der Waals surface area contributed by atoms with E-state index in [1.54, 1.807) is 6.20 Å². The van der Waals surface area contributed by atoms with Crippen molar-refractivity contribution in [2.75, 3.05) is 6.54 Å². The molecule has 0 aliphatic carbocycles. The number of benzene rings is 1. The average Bonchev–Trinajstić information content (AvgIpc) is 2.58. The lowest BCUT2D eigenvalue weighted by atomic mass is 9.94. The molecule has 2 heterocycles. The highest BCUT2D eigenvalue weighted by atomic mass is 35.5. The van der Waals surface area contributed by atoms with Gasteiger partial charge in [-0.3, -0.25) is 14.7 Å². The first kappa shape index (κ1) is 16.0. The molecule has 1 saturated heterocycles. The van der Waals surface area contributed by atoms with E-state index in [1.165, 1.54) is 0 Å². The molecule has 1 aromatic heterocycles. The summed E-state index contributed by atoms with van der Waals surface area (Å²) < 4.78 is 0. The van der Waals surface area contributed by atoms with Crippen molar-refractivity contribution in [1.29, 1.82) is 0 Å². The first-order chi connectivity index (χ1) is 11.2. The number of aliphatic carboxylic acids is 1. The molecule has 0 saturated carbocycles. The summed E-state index contributed by atoms with van der Waals surface area (Å²) in [6, 6.07) is 12.6. The normalized spacial score (nSPS) is 20.1. The molecule has 0 amide bonds. The van der Waals surface area contributed by atoms with Crippen molar-refractivity contribution in [2.24, 2.45) is 0 Å². The van der Waals surface area contributed by atoms with Crippen molar-refractivity contribution in [3.8, 4) is 0 Å². The Morgan fingerprint density at radius 1 is 1.22 bits per heavy atom. The molecular weight excluding hydrogens is 312 g/mol. The van der Waals surface area contributed by atoms with Crippen LogP contribution in [0.2, 0.25) is 5.02 Å². The molecule has 2 unspecified atom stereocenters. The number of nitrogens with zero attached hydrogens (tertiary/aromatic N) is 2. The largest absolute Gasteiger partial charge is 0.480 e. The van der Waals surface area contributed by atoms with Gasteiger partial charge in [-0.25, -0.2) is 0 Å². The van der Waals surface area contributed by atoms with Crippen LogP contribution in [0.4, 0.5) is 0 Å². The van der Waals surface area contributed by atoms with Crippen LogP contribution in [0.3, 0.4) is 0 Å². The van der Waals surface area contributed by atoms with Gasteiger partial charge in [0, 0.05) is 11.2 Å². The summed E-state index contributed by atoms with van der Waals surface area (Å²) in [5.41, 5.74) is 1.73. The van der Waals surface area contributed by atoms with Crippen LogP contribution in [0.15, 0.2) is 48.7 Å². The number of carboxylic acid groups (broad SMARTS) is 1. The zero-order chi connectivity index (χ0) is 16.2. The quantitative estimate of drug-likeness (QED) is 0.927. The minimum absolute atomic E-state index is 0.244. The second kappa shape index (κ2) is 7.11. The Morgan fingerprint density at radius 2 is 2.00 bits per heavy atom. The molecular formula is C18H19ClN2O2. The summed E-state index contributed by atoms with van der Waals surface area (Å²) in [4.78, 5) is 18.2. The van der Waals surface area contributed by atoms with E-state index in [1.807, 2.05) is 47.4 Å². The summed E-state index contributed by atoms with van der Waals surface area (Å²) in [6.07, 6.45) is 4.31. The van der Waals surface area contributed by atoms with Crippen LogP contribution in [0.25, 0.3) is 0 Å². The fourth-order valence-corrected chi connectivity index (χ4v) is 3.51. The van der Waals surface area contributed by atoms with Crippen molar-refractivity contribution in [1.82, 2.24) is 9.88 Å². The highest BCUT2D eigenvalue weighted by molar-refractivity contribution is 6.31. The number of likely N-dealkylation sites (tertiary alicyclic amines) is 1. The van der Waals surface area contributed by atoms with Crippen LogP contribution in [0, 0.1) is 0 Å². The number of carbonyl (C=O) groups is 1. The molecule has 4 nitrogen and oxygen atoms in total. The van der Waals surface area contributed by atoms with E-state index in [2.05, 4.69) is 4.98 Å². The third-order valence-electron chi connectivity index (χ3n) is 4.33. The molecule has 0 spiro atoms. The maximum Gasteiger partial charge on any atom is 0.320 e. The first-order valence-electron chi connectivity index (χ1n) is 7.82. The summed E-state index contributed by atoms with van der Waals surface area (Å²) in [5.74, 6) is -0.780. The van der Waals surface area contributed by atoms with Crippen molar-refractivity contribution in [2.45, 2.75) is 31.3 Å². The lowest BCUT2D eigenvalue weighted by molar-refractivity contribution is -0.145. The molecule has 1 aromatic carbocycles.